The summed E-state index contributed by atoms with van der Waals surface area (Å²) in [5.74, 6) is 0. The maximum atomic E-state index is 2.39. The Hall–Kier alpha value is 0.709. The van der Waals surface area contributed by atoms with Crippen molar-refractivity contribution in [2.45, 2.75) is 6.42 Å². The Morgan fingerprint density at radius 2 is 1.64 bits per heavy atom. The Balaban J connectivity index is 0. The second-order valence-corrected chi connectivity index (χ2v) is 3.00. The van der Waals surface area contributed by atoms with Crippen LogP contribution in [0, 0.1) is 0 Å². The molecule has 1 rings (SSSR count). The Bertz CT molecular complexity index is 167. The van der Waals surface area contributed by atoms with E-state index in [1.807, 2.05) is 0 Å². The van der Waals surface area contributed by atoms with Gasteiger partial charge in [0.15, 0.2) is 0 Å². The van der Waals surface area contributed by atoms with Gasteiger partial charge in [-0.3, -0.25) is 0 Å². The number of aryl methyl sites for hydroxylation is 1. The van der Waals surface area contributed by atoms with Crippen LogP contribution in [0.3, 0.4) is 0 Å². The van der Waals surface area contributed by atoms with Crippen LogP contribution in [-0.4, -0.2) is 28.3 Å². The van der Waals surface area contributed by atoms with Gasteiger partial charge in [-0.15, -0.1) is 0 Å². The molecular weight excluding hydrogens is 356 g/mol. The minimum atomic E-state index is 0. The van der Waals surface area contributed by atoms with E-state index >= 15 is 0 Å². The zero-order valence-electron chi connectivity index (χ0n) is 6.59. The van der Waals surface area contributed by atoms with Gasteiger partial charge in [-0.1, -0.05) is 52.9 Å². The van der Waals surface area contributed by atoms with Gasteiger partial charge in [-0.2, -0.15) is 0 Å². The van der Waals surface area contributed by atoms with E-state index < -0.39 is 0 Å². The molecule has 0 saturated carbocycles. The SMILES string of the molecule is ICCc1ccccc1.N.[SnH2]. The monoisotopic (exact) mass is 371 g/mol. The summed E-state index contributed by atoms with van der Waals surface area (Å²) in [7, 11) is 0. The summed E-state index contributed by atoms with van der Waals surface area (Å²) < 4.78 is 1.21. The molecule has 0 atom stereocenters. The molecular formula is C8H14INSn. The Labute approximate surface area is 98.6 Å². The first-order chi connectivity index (χ1) is 4.43. The van der Waals surface area contributed by atoms with Crippen molar-refractivity contribution in [3.8, 4) is 0 Å². The molecule has 0 aliphatic carbocycles. The summed E-state index contributed by atoms with van der Waals surface area (Å²) >= 11 is 2.39. The van der Waals surface area contributed by atoms with E-state index in [0.717, 1.165) is 0 Å². The van der Waals surface area contributed by atoms with Gasteiger partial charge in [0.1, 0.15) is 0 Å². The molecule has 0 amide bonds. The quantitative estimate of drug-likeness (QED) is 0.482. The Morgan fingerprint density at radius 1 is 1.09 bits per heavy atom. The van der Waals surface area contributed by atoms with Crippen LogP contribution in [0.5, 0.6) is 0 Å². The first-order valence-corrected chi connectivity index (χ1v) is 4.56. The summed E-state index contributed by atoms with van der Waals surface area (Å²) in [6.45, 7) is 0. The van der Waals surface area contributed by atoms with Crippen molar-refractivity contribution in [1.29, 1.82) is 0 Å². The van der Waals surface area contributed by atoms with Crippen LogP contribution >= 0.6 is 22.6 Å². The summed E-state index contributed by atoms with van der Waals surface area (Å²) in [5, 5.41) is 0. The fraction of sp³-hybridized carbons (Fsp3) is 0.250. The van der Waals surface area contributed by atoms with Crippen molar-refractivity contribution in [1.82, 2.24) is 6.15 Å². The fourth-order valence-corrected chi connectivity index (χ4v) is 1.38. The van der Waals surface area contributed by atoms with Gasteiger partial charge in [0.05, 0.1) is 0 Å². The first-order valence-electron chi connectivity index (χ1n) is 3.03. The van der Waals surface area contributed by atoms with Crippen molar-refractivity contribution >= 4 is 46.5 Å². The van der Waals surface area contributed by atoms with Crippen molar-refractivity contribution in [3.63, 3.8) is 0 Å². The molecule has 3 N–H and O–H groups in total. The number of halogens is 1. The van der Waals surface area contributed by atoms with E-state index in [-0.39, 0.29) is 30.1 Å². The average Bonchev–Trinajstić information content (AvgIpc) is 1.91. The Morgan fingerprint density at radius 3 is 2.09 bits per heavy atom. The summed E-state index contributed by atoms with van der Waals surface area (Å²) in [6.07, 6.45) is 1.20. The standard InChI is InChI=1S/C8H9I.H3N.Sn.2H/c9-7-6-8-4-2-1-3-5-8;;;;/h1-5H,6-7H2;1H3;;;. The predicted octanol–water partition coefficient (Wildman–Crippen LogP) is 1.91. The van der Waals surface area contributed by atoms with E-state index in [1.165, 1.54) is 16.4 Å². The molecule has 62 valence electrons. The molecule has 0 saturated heterocycles. The zero-order chi connectivity index (χ0) is 6.53. The maximum absolute atomic E-state index is 2.39. The number of benzene rings is 1. The van der Waals surface area contributed by atoms with Crippen molar-refractivity contribution in [2.75, 3.05) is 4.43 Å². The molecule has 0 aliphatic heterocycles. The van der Waals surface area contributed by atoms with Crippen LogP contribution in [0.25, 0.3) is 0 Å². The van der Waals surface area contributed by atoms with Crippen LogP contribution in [0.15, 0.2) is 30.3 Å². The van der Waals surface area contributed by atoms with E-state index in [0.29, 0.717) is 0 Å². The van der Waals surface area contributed by atoms with Gasteiger partial charge in [0.2, 0.25) is 0 Å². The molecule has 0 fully saturated rings. The molecule has 0 aromatic heterocycles. The van der Waals surface area contributed by atoms with Gasteiger partial charge < -0.3 is 6.15 Å². The Kier molecular flexibility index (Phi) is 11.4. The topological polar surface area (TPSA) is 35.0 Å². The van der Waals surface area contributed by atoms with Crippen LogP contribution in [0.1, 0.15) is 5.56 Å². The van der Waals surface area contributed by atoms with Crippen LogP contribution in [0.2, 0.25) is 0 Å². The van der Waals surface area contributed by atoms with Crippen LogP contribution < -0.4 is 6.15 Å². The number of rotatable bonds is 2. The molecule has 0 unspecified atom stereocenters. The van der Waals surface area contributed by atoms with Crippen LogP contribution in [-0.2, 0) is 6.42 Å². The van der Waals surface area contributed by atoms with Gasteiger partial charge in [-0.05, 0) is 12.0 Å². The van der Waals surface area contributed by atoms with E-state index in [4.69, 9.17) is 0 Å². The van der Waals surface area contributed by atoms with Gasteiger partial charge in [0.25, 0.3) is 0 Å². The number of hydrogen-bond acceptors (Lipinski definition) is 1. The van der Waals surface area contributed by atoms with Gasteiger partial charge in [-0.25, -0.2) is 0 Å². The summed E-state index contributed by atoms with van der Waals surface area (Å²) in [5.41, 5.74) is 1.44. The molecule has 3 heteroatoms. The number of alkyl halides is 1. The van der Waals surface area contributed by atoms with E-state index in [1.54, 1.807) is 0 Å². The molecule has 0 aliphatic rings. The van der Waals surface area contributed by atoms with Crippen molar-refractivity contribution in [2.24, 2.45) is 0 Å². The molecule has 0 bridgehead atoms. The minimum absolute atomic E-state index is 0. The molecule has 2 radical (unpaired) electrons. The predicted molar refractivity (Wildman–Crippen MR) is 62.6 cm³/mol. The molecule has 0 heterocycles. The third-order valence-corrected chi connectivity index (χ3v) is 1.77. The first kappa shape index (κ1) is 14.2. The molecule has 0 spiro atoms. The third-order valence-electron chi connectivity index (χ3n) is 1.23. The normalized spacial score (nSPS) is 7.73. The van der Waals surface area contributed by atoms with Crippen LogP contribution in [0.4, 0.5) is 0 Å². The molecule has 1 aromatic rings. The van der Waals surface area contributed by atoms with Gasteiger partial charge in [0, 0.05) is 4.43 Å². The van der Waals surface area contributed by atoms with E-state index in [9.17, 15) is 0 Å². The molecule has 1 aromatic carbocycles. The van der Waals surface area contributed by atoms with Gasteiger partial charge >= 0.3 is 23.9 Å². The zero-order valence-corrected chi connectivity index (χ0v) is 12.8. The van der Waals surface area contributed by atoms with E-state index in [2.05, 4.69) is 52.9 Å². The van der Waals surface area contributed by atoms with Crippen molar-refractivity contribution < 1.29 is 0 Å². The fourth-order valence-electron chi connectivity index (χ4n) is 0.754. The second kappa shape index (κ2) is 8.80. The molecule has 1 nitrogen and oxygen atoms in total. The summed E-state index contributed by atoms with van der Waals surface area (Å²) in [6, 6.07) is 10.6. The number of hydrogen-bond donors (Lipinski definition) is 1. The third kappa shape index (κ3) is 5.92. The average molecular weight is 370 g/mol. The van der Waals surface area contributed by atoms with Crippen molar-refractivity contribution in [3.05, 3.63) is 35.9 Å². The molecule has 11 heavy (non-hydrogen) atoms. The second-order valence-electron chi connectivity index (χ2n) is 1.92. The summed E-state index contributed by atoms with van der Waals surface area (Å²) in [4.78, 5) is 0.